The van der Waals surface area contributed by atoms with Gasteiger partial charge in [0, 0.05) is 5.33 Å². The number of hydrogen-bond donors (Lipinski definition) is 0. The van der Waals surface area contributed by atoms with Crippen LogP contribution in [0.1, 0.15) is 15.9 Å². The van der Waals surface area contributed by atoms with Gasteiger partial charge in [-0.1, -0.05) is 15.9 Å². The van der Waals surface area contributed by atoms with Gasteiger partial charge in [-0.2, -0.15) is 0 Å². The predicted molar refractivity (Wildman–Crippen MR) is 58.1 cm³/mol. The zero-order valence-electron chi connectivity index (χ0n) is 7.31. The van der Waals surface area contributed by atoms with Crippen molar-refractivity contribution in [1.29, 1.82) is 0 Å². The summed E-state index contributed by atoms with van der Waals surface area (Å²) in [6.07, 6.45) is 0. The van der Waals surface area contributed by atoms with Gasteiger partial charge in [-0.05, 0) is 33.6 Å². The first-order chi connectivity index (χ1) is 6.60. The van der Waals surface area contributed by atoms with Crippen molar-refractivity contribution < 1.29 is 13.9 Å². The number of rotatable bonds is 2. The summed E-state index contributed by atoms with van der Waals surface area (Å²) in [6.45, 7) is 0. The first-order valence-corrected chi connectivity index (χ1v) is 5.63. The molecule has 1 aromatic rings. The Hall–Kier alpha value is -0.420. The van der Waals surface area contributed by atoms with Crippen LogP contribution in [0.25, 0.3) is 0 Å². The average Bonchev–Trinajstić information content (AvgIpc) is 2.20. The van der Waals surface area contributed by atoms with E-state index in [2.05, 4.69) is 36.6 Å². The molecule has 0 saturated carbocycles. The minimum Gasteiger partial charge on any atom is -0.465 e. The van der Waals surface area contributed by atoms with Gasteiger partial charge in [0.1, 0.15) is 0 Å². The molecule has 0 aliphatic carbocycles. The van der Waals surface area contributed by atoms with Crippen molar-refractivity contribution in [3.63, 3.8) is 0 Å². The maximum atomic E-state index is 13.4. The maximum absolute atomic E-state index is 13.4. The quantitative estimate of drug-likeness (QED) is 0.616. The Morgan fingerprint density at radius 2 is 2.21 bits per heavy atom. The summed E-state index contributed by atoms with van der Waals surface area (Å²) < 4.78 is 18.1. The third kappa shape index (κ3) is 2.33. The smallest absolute Gasteiger partial charge is 0.340 e. The number of halogens is 3. The van der Waals surface area contributed by atoms with Crippen LogP contribution in [-0.2, 0) is 10.1 Å². The number of ether oxygens (including phenoxy) is 1. The Balaban J connectivity index is 3.27. The largest absolute Gasteiger partial charge is 0.465 e. The lowest BCUT2D eigenvalue weighted by atomic mass is 10.1. The summed E-state index contributed by atoms with van der Waals surface area (Å²) >= 11 is 6.26. The minimum atomic E-state index is -0.675. The molecule has 0 aliphatic rings. The van der Waals surface area contributed by atoms with Crippen LogP contribution in [0.4, 0.5) is 4.39 Å². The molecule has 0 aromatic heterocycles. The number of esters is 1. The van der Waals surface area contributed by atoms with Gasteiger partial charge in [0.15, 0.2) is 5.82 Å². The minimum absolute atomic E-state index is 0.0590. The molecule has 0 N–H and O–H groups in total. The standard InChI is InChI=1S/C9H7Br2FO2/c1-14-9(13)6-2-5(4-10)3-7(11)8(6)12/h2-3H,4H2,1H3. The van der Waals surface area contributed by atoms with E-state index in [1.807, 2.05) is 0 Å². The molecule has 0 heterocycles. The van der Waals surface area contributed by atoms with E-state index in [9.17, 15) is 9.18 Å². The third-order valence-corrected chi connectivity index (χ3v) is 2.87. The van der Waals surface area contributed by atoms with Crippen LogP contribution in [0.3, 0.4) is 0 Å². The molecule has 0 radical (unpaired) electrons. The molecule has 0 bridgehead atoms. The normalized spacial score (nSPS) is 10.0. The summed E-state index contributed by atoms with van der Waals surface area (Å²) in [7, 11) is 1.22. The van der Waals surface area contributed by atoms with Gasteiger partial charge in [-0.25, -0.2) is 9.18 Å². The molecule has 1 aromatic carbocycles. The zero-order chi connectivity index (χ0) is 10.7. The van der Waals surface area contributed by atoms with E-state index in [-0.39, 0.29) is 10.0 Å². The van der Waals surface area contributed by atoms with E-state index in [0.717, 1.165) is 5.56 Å². The van der Waals surface area contributed by atoms with Crippen molar-refractivity contribution in [3.8, 4) is 0 Å². The van der Waals surface area contributed by atoms with Crippen molar-refractivity contribution in [1.82, 2.24) is 0 Å². The van der Waals surface area contributed by atoms with E-state index < -0.39 is 11.8 Å². The molecule has 0 saturated heterocycles. The van der Waals surface area contributed by atoms with Crippen molar-refractivity contribution in [2.45, 2.75) is 5.33 Å². The molecule has 0 amide bonds. The second-order valence-electron chi connectivity index (χ2n) is 2.56. The molecular weight excluding hydrogens is 319 g/mol. The van der Waals surface area contributed by atoms with Gasteiger partial charge >= 0.3 is 5.97 Å². The van der Waals surface area contributed by atoms with Crippen LogP contribution in [0, 0.1) is 5.82 Å². The number of alkyl halides is 1. The number of carbonyl (C=O) groups is 1. The Morgan fingerprint density at radius 1 is 1.57 bits per heavy atom. The van der Waals surface area contributed by atoms with Crippen molar-refractivity contribution in [3.05, 3.63) is 33.5 Å². The molecule has 0 unspecified atom stereocenters. The fourth-order valence-electron chi connectivity index (χ4n) is 0.981. The fraction of sp³-hybridized carbons (Fsp3) is 0.222. The second kappa shape index (κ2) is 4.89. The number of hydrogen-bond acceptors (Lipinski definition) is 2. The van der Waals surface area contributed by atoms with Gasteiger partial charge in [0.05, 0.1) is 17.1 Å². The Kier molecular flexibility index (Phi) is 4.07. The molecule has 0 atom stereocenters. The van der Waals surface area contributed by atoms with E-state index in [4.69, 9.17) is 0 Å². The molecule has 14 heavy (non-hydrogen) atoms. The first kappa shape index (κ1) is 11.7. The first-order valence-electron chi connectivity index (χ1n) is 3.72. The third-order valence-electron chi connectivity index (χ3n) is 1.65. The highest BCUT2D eigenvalue weighted by molar-refractivity contribution is 9.10. The molecule has 1 rings (SSSR count). The van der Waals surface area contributed by atoms with Crippen LogP contribution in [-0.4, -0.2) is 13.1 Å². The molecule has 0 fully saturated rings. The van der Waals surface area contributed by atoms with Gasteiger partial charge in [0.25, 0.3) is 0 Å². The molecule has 2 nitrogen and oxygen atoms in total. The zero-order valence-corrected chi connectivity index (χ0v) is 10.5. The van der Waals surface area contributed by atoms with Crippen molar-refractivity contribution in [2.24, 2.45) is 0 Å². The van der Waals surface area contributed by atoms with Crippen LogP contribution in [0.5, 0.6) is 0 Å². The Morgan fingerprint density at radius 3 is 2.71 bits per heavy atom. The van der Waals surface area contributed by atoms with Gasteiger partial charge in [-0.3, -0.25) is 0 Å². The average molecular weight is 326 g/mol. The summed E-state index contributed by atoms with van der Waals surface area (Å²) in [5.41, 5.74) is 0.745. The lowest BCUT2D eigenvalue weighted by Crippen LogP contribution is -2.05. The van der Waals surface area contributed by atoms with Crippen molar-refractivity contribution >= 4 is 37.8 Å². The van der Waals surface area contributed by atoms with E-state index in [1.165, 1.54) is 13.2 Å². The Labute approximate surface area is 97.7 Å². The monoisotopic (exact) mass is 324 g/mol. The summed E-state index contributed by atoms with van der Waals surface area (Å²) in [5, 5.41) is 0.551. The van der Waals surface area contributed by atoms with Crippen LogP contribution in [0.2, 0.25) is 0 Å². The van der Waals surface area contributed by atoms with Gasteiger partial charge in [-0.15, -0.1) is 0 Å². The van der Waals surface area contributed by atoms with Gasteiger partial charge < -0.3 is 4.74 Å². The summed E-state index contributed by atoms with van der Waals surface area (Å²) in [6, 6.07) is 3.07. The lowest BCUT2D eigenvalue weighted by molar-refractivity contribution is 0.0595. The highest BCUT2D eigenvalue weighted by Crippen LogP contribution is 2.23. The van der Waals surface area contributed by atoms with Gasteiger partial charge in [0.2, 0.25) is 0 Å². The SMILES string of the molecule is COC(=O)c1cc(CBr)cc(Br)c1F. The predicted octanol–water partition coefficient (Wildman–Crippen LogP) is 3.27. The maximum Gasteiger partial charge on any atom is 0.340 e. The molecule has 5 heteroatoms. The van der Waals surface area contributed by atoms with E-state index >= 15 is 0 Å². The van der Waals surface area contributed by atoms with Crippen LogP contribution in [0.15, 0.2) is 16.6 Å². The number of methoxy groups -OCH3 is 1. The van der Waals surface area contributed by atoms with Crippen LogP contribution < -0.4 is 0 Å². The molecule has 76 valence electrons. The van der Waals surface area contributed by atoms with Crippen molar-refractivity contribution in [2.75, 3.05) is 7.11 Å². The highest BCUT2D eigenvalue weighted by atomic mass is 79.9. The molecular formula is C9H7Br2FO2. The highest BCUT2D eigenvalue weighted by Gasteiger charge is 2.15. The second-order valence-corrected chi connectivity index (χ2v) is 3.98. The number of benzene rings is 1. The van der Waals surface area contributed by atoms with E-state index in [0.29, 0.717) is 5.33 Å². The summed E-state index contributed by atoms with van der Waals surface area (Å²) in [4.78, 5) is 11.2. The van der Waals surface area contributed by atoms with Crippen LogP contribution >= 0.6 is 31.9 Å². The topological polar surface area (TPSA) is 26.3 Å². The fourth-order valence-corrected chi connectivity index (χ4v) is 1.81. The molecule has 0 spiro atoms. The Bertz CT molecular complexity index is 366. The van der Waals surface area contributed by atoms with E-state index in [1.54, 1.807) is 6.07 Å². The summed E-state index contributed by atoms with van der Waals surface area (Å²) in [5.74, 6) is -1.27. The lowest BCUT2D eigenvalue weighted by Gasteiger charge is -2.05. The number of carbonyl (C=O) groups excluding carboxylic acids is 1. The molecule has 0 aliphatic heterocycles.